The number of hydrogen-bond donors (Lipinski definition) is 1. The Morgan fingerprint density at radius 1 is 1.25 bits per heavy atom. The Balaban J connectivity index is 1.89. The minimum atomic E-state index is 0.476. The molecule has 1 aliphatic rings. The molecule has 0 aromatic heterocycles. The summed E-state index contributed by atoms with van der Waals surface area (Å²) in [7, 11) is 1.68. The summed E-state index contributed by atoms with van der Waals surface area (Å²) in [4.78, 5) is 0. The Morgan fingerprint density at radius 2 is 2.00 bits per heavy atom. The van der Waals surface area contributed by atoms with Gasteiger partial charge in [0.15, 0.2) is 0 Å². The van der Waals surface area contributed by atoms with Gasteiger partial charge in [-0.15, -0.1) is 0 Å². The van der Waals surface area contributed by atoms with Crippen LogP contribution in [0.3, 0.4) is 0 Å². The van der Waals surface area contributed by atoms with Crippen LogP contribution in [-0.4, -0.2) is 26.3 Å². The molecule has 1 aliphatic carbocycles. The van der Waals surface area contributed by atoms with Crippen molar-refractivity contribution in [2.45, 2.75) is 45.1 Å². The van der Waals surface area contributed by atoms with Gasteiger partial charge in [0.1, 0.15) is 18.1 Å². The van der Waals surface area contributed by atoms with Crippen molar-refractivity contribution in [1.29, 1.82) is 0 Å². The average Bonchev–Trinajstić information content (AvgIpc) is 3.02. The molecule has 0 radical (unpaired) electrons. The predicted octanol–water partition coefficient (Wildman–Crippen LogP) is 3.63. The van der Waals surface area contributed by atoms with Gasteiger partial charge in [0.2, 0.25) is 0 Å². The van der Waals surface area contributed by atoms with E-state index in [1.807, 2.05) is 24.3 Å². The van der Waals surface area contributed by atoms with Gasteiger partial charge in [-0.2, -0.15) is 0 Å². The maximum atomic E-state index is 5.98. The monoisotopic (exact) mass is 277 g/mol. The summed E-state index contributed by atoms with van der Waals surface area (Å²) in [5.41, 5.74) is 0. The average molecular weight is 277 g/mol. The lowest BCUT2D eigenvalue weighted by Gasteiger charge is -2.25. The topological polar surface area (TPSA) is 30.5 Å². The summed E-state index contributed by atoms with van der Waals surface area (Å²) in [5.74, 6) is 2.51. The van der Waals surface area contributed by atoms with Gasteiger partial charge in [-0.25, -0.2) is 0 Å². The van der Waals surface area contributed by atoms with Crippen LogP contribution in [0.2, 0.25) is 0 Å². The zero-order valence-electron chi connectivity index (χ0n) is 12.7. The van der Waals surface area contributed by atoms with Crippen molar-refractivity contribution in [3.8, 4) is 11.5 Å². The number of methoxy groups -OCH3 is 1. The van der Waals surface area contributed by atoms with E-state index in [2.05, 4.69) is 12.2 Å². The molecule has 1 aromatic carbocycles. The summed E-state index contributed by atoms with van der Waals surface area (Å²) >= 11 is 0. The Hall–Kier alpha value is -1.22. The Labute approximate surface area is 122 Å². The fourth-order valence-corrected chi connectivity index (χ4v) is 2.93. The van der Waals surface area contributed by atoms with Crippen LogP contribution in [0.25, 0.3) is 0 Å². The van der Waals surface area contributed by atoms with Crippen molar-refractivity contribution in [3.05, 3.63) is 24.3 Å². The van der Waals surface area contributed by atoms with Crippen LogP contribution in [-0.2, 0) is 0 Å². The highest BCUT2D eigenvalue weighted by molar-refractivity contribution is 5.32. The van der Waals surface area contributed by atoms with E-state index in [1.54, 1.807) is 7.11 Å². The molecule has 3 heteroatoms. The molecule has 1 N–H and O–H groups in total. The largest absolute Gasteiger partial charge is 0.497 e. The predicted molar refractivity (Wildman–Crippen MR) is 82.5 cm³/mol. The zero-order chi connectivity index (χ0) is 14.2. The second-order valence-corrected chi connectivity index (χ2v) is 5.60. The molecule has 0 heterocycles. The highest BCUT2D eigenvalue weighted by atomic mass is 16.5. The normalized spacial score (nSPS) is 17.1. The van der Waals surface area contributed by atoms with Gasteiger partial charge < -0.3 is 14.8 Å². The fourth-order valence-electron chi connectivity index (χ4n) is 2.93. The van der Waals surface area contributed by atoms with E-state index >= 15 is 0 Å². The molecule has 1 unspecified atom stereocenters. The molecule has 1 aromatic rings. The zero-order valence-corrected chi connectivity index (χ0v) is 12.7. The van der Waals surface area contributed by atoms with Crippen LogP contribution in [0.15, 0.2) is 24.3 Å². The van der Waals surface area contributed by atoms with E-state index in [0.717, 1.165) is 30.6 Å². The van der Waals surface area contributed by atoms with E-state index in [1.165, 1.54) is 32.1 Å². The standard InChI is InChI=1S/C17H27NO2/c1-3-11-18-17(14-7-4-5-8-14)13-20-16-10-6-9-15(12-16)19-2/h6,9-10,12,14,17-18H,3-5,7-8,11,13H2,1-2H3. The summed E-state index contributed by atoms with van der Waals surface area (Å²) < 4.78 is 11.2. The van der Waals surface area contributed by atoms with Gasteiger partial charge in [0.05, 0.1) is 7.11 Å². The fraction of sp³-hybridized carbons (Fsp3) is 0.647. The minimum Gasteiger partial charge on any atom is -0.497 e. The molecule has 112 valence electrons. The van der Waals surface area contributed by atoms with Crippen LogP contribution >= 0.6 is 0 Å². The molecule has 2 rings (SSSR count). The van der Waals surface area contributed by atoms with E-state index in [0.29, 0.717) is 6.04 Å². The van der Waals surface area contributed by atoms with Crippen molar-refractivity contribution in [3.63, 3.8) is 0 Å². The van der Waals surface area contributed by atoms with Gasteiger partial charge in [0, 0.05) is 12.1 Å². The first-order valence-electron chi connectivity index (χ1n) is 7.83. The van der Waals surface area contributed by atoms with Crippen molar-refractivity contribution in [2.24, 2.45) is 5.92 Å². The molecule has 1 fully saturated rings. The summed E-state index contributed by atoms with van der Waals surface area (Å²) in [6.45, 7) is 4.03. The Morgan fingerprint density at radius 3 is 2.70 bits per heavy atom. The van der Waals surface area contributed by atoms with Crippen LogP contribution < -0.4 is 14.8 Å². The molecule has 0 amide bonds. The molecule has 1 atom stereocenters. The maximum absolute atomic E-state index is 5.98. The number of hydrogen-bond acceptors (Lipinski definition) is 3. The summed E-state index contributed by atoms with van der Waals surface area (Å²) in [6.07, 6.45) is 6.58. The van der Waals surface area contributed by atoms with Gasteiger partial charge >= 0.3 is 0 Å². The quantitative estimate of drug-likeness (QED) is 0.787. The molecule has 20 heavy (non-hydrogen) atoms. The SMILES string of the molecule is CCCNC(COc1cccc(OC)c1)C1CCCC1. The van der Waals surface area contributed by atoms with Crippen LogP contribution in [0.1, 0.15) is 39.0 Å². The van der Waals surface area contributed by atoms with Crippen LogP contribution in [0.5, 0.6) is 11.5 Å². The lowest BCUT2D eigenvalue weighted by molar-refractivity contribution is 0.217. The smallest absolute Gasteiger partial charge is 0.123 e. The van der Waals surface area contributed by atoms with Gasteiger partial charge in [-0.05, 0) is 43.9 Å². The molecule has 0 spiro atoms. The first-order chi connectivity index (χ1) is 9.83. The van der Waals surface area contributed by atoms with E-state index in [4.69, 9.17) is 9.47 Å². The third-order valence-electron chi connectivity index (χ3n) is 4.10. The number of nitrogens with one attached hydrogen (secondary N) is 1. The highest BCUT2D eigenvalue weighted by Crippen LogP contribution is 2.28. The lowest BCUT2D eigenvalue weighted by atomic mass is 9.98. The highest BCUT2D eigenvalue weighted by Gasteiger charge is 2.24. The first-order valence-corrected chi connectivity index (χ1v) is 7.83. The van der Waals surface area contributed by atoms with E-state index in [9.17, 15) is 0 Å². The van der Waals surface area contributed by atoms with Gasteiger partial charge in [-0.1, -0.05) is 25.8 Å². The number of rotatable bonds is 8. The van der Waals surface area contributed by atoms with Crippen LogP contribution in [0.4, 0.5) is 0 Å². The number of benzene rings is 1. The molecule has 0 saturated heterocycles. The van der Waals surface area contributed by atoms with Gasteiger partial charge in [0.25, 0.3) is 0 Å². The first kappa shape index (κ1) is 15.2. The third-order valence-corrected chi connectivity index (χ3v) is 4.10. The molecular weight excluding hydrogens is 250 g/mol. The third kappa shape index (κ3) is 4.41. The maximum Gasteiger partial charge on any atom is 0.123 e. The number of ether oxygens (including phenoxy) is 2. The van der Waals surface area contributed by atoms with Gasteiger partial charge in [-0.3, -0.25) is 0 Å². The van der Waals surface area contributed by atoms with E-state index < -0.39 is 0 Å². The van der Waals surface area contributed by atoms with Crippen molar-refractivity contribution in [2.75, 3.05) is 20.3 Å². The summed E-state index contributed by atoms with van der Waals surface area (Å²) in [6, 6.07) is 8.33. The minimum absolute atomic E-state index is 0.476. The van der Waals surface area contributed by atoms with E-state index in [-0.39, 0.29) is 0 Å². The Kier molecular flexibility index (Phi) is 6.19. The molecular formula is C17H27NO2. The van der Waals surface area contributed by atoms with Crippen molar-refractivity contribution >= 4 is 0 Å². The lowest BCUT2D eigenvalue weighted by Crippen LogP contribution is -2.40. The van der Waals surface area contributed by atoms with Crippen molar-refractivity contribution < 1.29 is 9.47 Å². The Bertz CT molecular complexity index is 388. The molecule has 1 saturated carbocycles. The van der Waals surface area contributed by atoms with Crippen molar-refractivity contribution in [1.82, 2.24) is 5.32 Å². The second-order valence-electron chi connectivity index (χ2n) is 5.60. The molecule has 0 bridgehead atoms. The summed E-state index contributed by atoms with van der Waals surface area (Å²) in [5, 5.41) is 3.65. The molecule has 3 nitrogen and oxygen atoms in total. The molecule has 0 aliphatic heterocycles. The second kappa shape index (κ2) is 8.15. The van der Waals surface area contributed by atoms with Crippen LogP contribution in [0, 0.1) is 5.92 Å².